The second-order valence-corrected chi connectivity index (χ2v) is 4.77. The number of carbonyl (C=O) groups excluding carboxylic acids is 1. The Morgan fingerprint density at radius 1 is 0.826 bits per heavy atom. The maximum absolute atomic E-state index is 11.7. The number of Topliss-reactive ketones (excluding diaryl/α,β-unsaturated/α-hetero) is 1. The molecule has 0 radical (unpaired) electrons. The molecule has 0 aliphatic rings. The van der Waals surface area contributed by atoms with Crippen molar-refractivity contribution >= 4 is 5.78 Å². The van der Waals surface area contributed by atoms with Crippen LogP contribution in [0.5, 0.6) is 5.75 Å². The van der Waals surface area contributed by atoms with Crippen molar-refractivity contribution in [2.24, 2.45) is 0 Å². The molecule has 0 amide bonds. The Kier molecular flexibility index (Phi) is 14.6. The maximum Gasteiger partial charge on any atom is 0.162 e. The third kappa shape index (κ3) is 10.9. The highest BCUT2D eigenvalue weighted by molar-refractivity contribution is 5.96. The van der Waals surface area contributed by atoms with Crippen molar-refractivity contribution in [2.45, 2.75) is 47.0 Å². The lowest BCUT2D eigenvalue weighted by molar-refractivity contribution is 0.0366. The van der Waals surface area contributed by atoms with Gasteiger partial charge < -0.3 is 14.2 Å². The van der Waals surface area contributed by atoms with Crippen LogP contribution >= 0.6 is 0 Å². The summed E-state index contributed by atoms with van der Waals surface area (Å²) in [5.74, 6) is 0.938. The van der Waals surface area contributed by atoms with Gasteiger partial charge in [0, 0.05) is 18.6 Å². The maximum atomic E-state index is 11.7. The van der Waals surface area contributed by atoms with Gasteiger partial charge in [0.25, 0.3) is 0 Å². The van der Waals surface area contributed by atoms with Crippen molar-refractivity contribution in [1.29, 1.82) is 0 Å². The zero-order chi connectivity index (χ0) is 17.3. The van der Waals surface area contributed by atoms with Crippen molar-refractivity contribution in [3.63, 3.8) is 0 Å². The predicted molar refractivity (Wildman–Crippen MR) is 94.5 cm³/mol. The molecule has 0 saturated heterocycles. The molecular weight excluding hydrogens is 292 g/mol. The number of rotatable bonds is 12. The number of hydrogen-bond acceptors (Lipinski definition) is 4. The molecule has 1 aromatic rings. The van der Waals surface area contributed by atoms with Crippen LogP contribution in [0.1, 0.15) is 57.3 Å². The predicted octanol–water partition coefficient (Wildman–Crippen LogP) is 4.52. The summed E-state index contributed by atoms with van der Waals surface area (Å²) in [6.45, 7) is 11.1. The first-order valence-corrected chi connectivity index (χ1v) is 8.69. The molecule has 0 saturated carbocycles. The largest absolute Gasteiger partial charge is 0.491 e. The van der Waals surface area contributed by atoms with Crippen LogP contribution in [0.2, 0.25) is 0 Å². The van der Waals surface area contributed by atoms with Gasteiger partial charge in [-0.15, -0.1) is 0 Å². The Bertz CT molecular complexity index is 387. The lowest BCUT2D eigenvalue weighted by atomic mass is 10.1. The van der Waals surface area contributed by atoms with Gasteiger partial charge in [-0.1, -0.05) is 27.7 Å². The topological polar surface area (TPSA) is 44.8 Å². The highest BCUT2D eigenvalue weighted by Crippen LogP contribution is 2.13. The van der Waals surface area contributed by atoms with Crippen molar-refractivity contribution in [1.82, 2.24) is 0 Å². The monoisotopic (exact) mass is 324 g/mol. The Hall–Kier alpha value is -1.39. The zero-order valence-electron chi connectivity index (χ0n) is 15.1. The van der Waals surface area contributed by atoms with E-state index in [4.69, 9.17) is 14.2 Å². The molecule has 0 unspecified atom stereocenters. The molecule has 132 valence electrons. The molecule has 0 spiro atoms. The van der Waals surface area contributed by atoms with Crippen LogP contribution in [0.3, 0.4) is 0 Å². The fraction of sp³-hybridized carbons (Fsp3) is 0.632. The van der Waals surface area contributed by atoms with E-state index in [-0.39, 0.29) is 5.78 Å². The molecule has 23 heavy (non-hydrogen) atoms. The first-order valence-electron chi connectivity index (χ1n) is 8.69. The molecule has 0 bridgehead atoms. The van der Waals surface area contributed by atoms with Crippen LogP contribution in [-0.2, 0) is 9.47 Å². The lowest BCUT2D eigenvalue weighted by Gasteiger charge is -2.08. The minimum atomic E-state index is 0.180. The van der Waals surface area contributed by atoms with E-state index in [1.54, 1.807) is 0 Å². The molecule has 0 aliphatic carbocycles. The summed E-state index contributed by atoms with van der Waals surface area (Å²) in [4.78, 5) is 11.7. The summed E-state index contributed by atoms with van der Waals surface area (Å²) in [6, 6.07) is 7.28. The van der Waals surface area contributed by atoms with Crippen LogP contribution in [-0.4, -0.2) is 38.8 Å². The second-order valence-electron chi connectivity index (χ2n) is 4.77. The quantitative estimate of drug-likeness (QED) is 0.419. The minimum Gasteiger partial charge on any atom is -0.491 e. The van der Waals surface area contributed by atoms with Gasteiger partial charge in [0.1, 0.15) is 12.4 Å². The van der Waals surface area contributed by atoms with Gasteiger partial charge in [-0.05, 0) is 37.1 Å². The highest BCUT2D eigenvalue weighted by Gasteiger charge is 2.04. The average molecular weight is 324 g/mol. The third-order valence-electron chi connectivity index (χ3n) is 2.87. The van der Waals surface area contributed by atoms with Crippen molar-refractivity contribution in [2.75, 3.05) is 33.0 Å². The van der Waals surface area contributed by atoms with Crippen molar-refractivity contribution < 1.29 is 19.0 Å². The van der Waals surface area contributed by atoms with Crippen LogP contribution in [0, 0.1) is 0 Å². The van der Waals surface area contributed by atoms with E-state index < -0.39 is 0 Å². The molecule has 0 heterocycles. The Morgan fingerprint density at radius 3 is 1.96 bits per heavy atom. The first-order chi connectivity index (χ1) is 11.3. The van der Waals surface area contributed by atoms with Crippen LogP contribution in [0.25, 0.3) is 0 Å². The minimum absolute atomic E-state index is 0.180. The van der Waals surface area contributed by atoms with Crippen LogP contribution < -0.4 is 4.74 Å². The molecule has 1 rings (SSSR count). The fourth-order valence-corrected chi connectivity index (χ4v) is 1.79. The average Bonchev–Trinajstić information content (AvgIpc) is 2.60. The molecule has 0 atom stereocenters. The van der Waals surface area contributed by atoms with Gasteiger partial charge in [-0.3, -0.25) is 4.79 Å². The number of benzene rings is 1. The third-order valence-corrected chi connectivity index (χ3v) is 2.87. The van der Waals surface area contributed by atoms with E-state index in [1.807, 2.05) is 45.0 Å². The smallest absolute Gasteiger partial charge is 0.162 e. The summed E-state index contributed by atoms with van der Waals surface area (Å²) in [5, 5.41) is 0. The summed E-state index contributed by atoms with van der Waals surface area (Å²) < 4.78 is 16.2. The number of hydrogen-bond donors (Lipinski definition) is 0. The second kappa shape index (κ2) is 15.5. The van der Waals surface area contributed by atoms with Gasteiger partial charge in [0.15, 0.2) is 5.78 Å². The van der Waals surface area contributed by atoms with E-state index in [2.05, 4.69) is 6.92 Å². The van der Waals surface area contributed by atoms with Crippen molar-refractivity contribution in [3.8, 4) is 5.75 Å². The normalized spacial score (nSPS) is 9.91. The summed E-state index contributed by atoms with van der Waals surface area (Å²) >= 11 is 0. The van der Waals surface area contributed by atoms with Gasteiger partial charge in [0.05, 0.1) is 19.8 Å². The number of ketones is 1. The summed E-state index contributed by atoms with van der Waals surface area (Å²) in [7, 11) is 0. The fourth-order valence-electron chi connectivity index (χ4n) is 1.79. The Labute approximate surface area is 141 Å². The molecule has 4 nitrogen and oxygen atoms in total. The number of ether oxygens (including phenoxy) is 3. The molecule has 0 fully saturated rings. The summed E-state index contributed by atoms with van der Waals surface area (Å²) in [5.41, 5.74) is 0.744. The standard InChI is InChI=1S/C17H26O4.C2H6/c1-3-5-17(18)15-6-8-16(9-7-15)21-14-13-20-12-11-19-10-4-2;1-2/h6-9H,3-5,10-14H2,1-2H3;1-2H3. The number of carbonyl (C=O) groups is 1. The van der Waals surface area contributed by atoms with Gasteiger partial charge in [-0.2, -0.15) is 0 Å². The molecule has 4 heteroatoms. The lowest BCUT2D eigenvalue weighted by Crippen LogP contribution is -2.11. The Morgan fingerprint density at radius 2 is 1.39 bits per heavy atom. The van der Waals surface area contributed by atoms with Crippen LogP contribution in [0.15, 0.2) is 24.3 Å². The van der Waals surface area contributed by atoms with Gasteiger partial charge in [-0.25, -0.2) is 0 Å². The molecule has 1 aromatic carbocycles. The van der Waals surface area contributed by atoms with E-state index in [0.717, 1.165) is 30.8 Å². The summed E-state index contributed by atoms with van der Waals surface area (Å²) in [6.07, 6.45) is 2.49. The SMILES string of the molecule is CC.CCCOCCOCCOc1ccc(C(=O)CCC)cc1. The Balaban J connectivity index is 0.00000232. The van der Waals surface area contributed by atoms with E-state index in [9.17, 15) is 4.79 Å². The van der Waals surface area contributed by atoms with Gasteiger partial charge in [0.2, 0.25) is 0 Å². The van der Waals surface area contributed by atoms with E-state index in [1.165, 1.54) is 0 Å². The van der Waals surface area contributed by atoms with Crippen LogP contribution in [0.4, 0.5) is 0 Å². The van der Waals surface area contributed by atoms with E-state index >= 15 is 0 Å². The molecular formula is C19H32O4. The zero-order valence-corrected chi connectivity index (χ0v) is 15.1. The highest BCUT2D eigenvalue weighted by atomic mass is 16.5. The van der Waals surface area contributed by atoms with Gasteiger partial charge >= 0.3 is 0 Å². The van der Waals surface area contributed by atoms with Crippen molar-refractivity contribution in [3.05, 3.63) is 29.8 Å². The molecule has 0 N–H and O–H groups in total. The molecule has 0 aliphatic heterocycles. The first kappa shape index (κ1) is 21.6. The van der Waals surface area contributed by atoms with E-state index in [0.29, 0.717) is 32.8 Å². The molecule has 0 aromatic heterocycles.